The van der Waals surface area contributed by atoms with E-state index in [1.165, 1.54) is 25.7 Å². The van der Waals surface area contributed by atoms with E-state index in [1.807, 2.05) is 6.08 Å². The van der Waals surface area contributed by atoms with Crippen LogP contribution >= 0.6 is 0 Å². The number of unbranched alkanes of at least 4 members (excludes halogenated alkanes) is 5. The van der Waals surface area contributed by atoms with Crippen molar-refractivity contribution in [2.45, 2.75) is 38.5 Å². The molecule has 0 unspecified atom stereocenters. The Morgan fingerprint density at radius 2 is 1.82 bits per heavy atom. The lowest BCUT2D eigenvalue weighted by atomic mass is 10.1. The van der Waals surface area contributed by atoms with Crippen LogP contribution in [0.3, 0.4) is 0 Å². The average molecular weight is 150 g/mol. The van der Waals surface area contributed by atoms with Gasteiger partial charge in [-0.2, -0.15) is 0 Å². The highest BCUT2D eigenvalue weighted by atomic mass is 13.9. The van der Waals surface area contributed by atoms with Gasteiger partial charge in [0.25, 0.3) is 0 Å². The molecule has 0 aliphatic heterocycles. The highest BCUT2D eigenvalue weighted by molar-refractivity contribution is 4.95. The maximum atomic E-state index is 5.17. The van der Waals surface area contributed by atoms with Crippen molar-refractivity contribution in [3.05, 3.63) is 31.7 Å². The molecule has 2 radical (unpaired) electrons. The summed E-state index contributed by atoms with van der Waals surface area (Å²) in [5.41, 5.74) is 0. The number of rotatable bonds is 7. The lowest BCUT2D eigenvalue weighted by molar-refractivity contribution is 0.651. The van der Waals surface area contributed by atoms with Gasteiger partial charge in [0, 0.05) is 0 Å². The normalized spacial score (nSPS) is 10.6. The highest BCUT2D eigenvalue weighted by Gasteiger charge is 1.85. The second-order valence-electron chi connectivity index (χ2n) is 2.68. The van der Waals surface area contributed by atoms with Gasteiger partial charge in [-0.3, -0.25) is 0 Å². The molecule has 0 aliphatic carbocycles. The Kier molecular flexibility index (Phi) is 9.03. The summed E-state index contributed by atoms with van der Waals surface area (Å²) in [6, 6.07) is 0. The van der Waals surface area contributed by atoms with E-state index in [9.17, 15) is 0 Å². The summed E-state index contributed by atoms with van der Waals surface area (Å²) < 4.78 is 0. The molecular weight excluding hydrogens is 132 g/mol. The second kappa shape index (κ2) is 9.48. The summed E-state index contributed by atoms with van der Waals surface area (Å²) in [4.78, 5) is 0. The Morgan fingerprint density at radius 1 is 1.09 bits per heavy atom. The lowest BCUT2D eigenvalue weighted by Crippen LogP contribution is -1.75. The molecule has 0 heteroatoms. The number of hydrogen-bond acceptors (Lipinski definition) is 0. The fourth-order valence-electron chi connectivity index (χ4n) is 0.967. The SMILES string of the molecule is [CH]=CC=CCCCCCC[CH2]. The Labute approximate surface area is 71.0 Å². The lowest BCUT2D eigenvalue weighted by Gasteiger charge is -1.95. The fourth-order valence-corrected chi connectivity index (χ4v) is 0.967. The predicted octanol–water partition coefficient (Wildman–Crippen LogP) is 3.71. The maximum absolute atomic E-state index is 5.17. The predicted molar refractivity (Wildman–Crippen MR) is 51.1 cm³/mol. The van der Waals surface area contributed by atoms with Gasteiger partial charge in [0.15, 0.2) is 0 Å². The zero-order valence-electron chi connectivity index (χ0n) is 7.26. The molecule has 0 aliphatic rings. The molecule has 0 aromatic heterocycles. The van der Waals surface area contributed by atoms with Crippen molar-refractivity contribution in [2.24, 2.45) is 0 Å². The van der Waals surface area contributed by atoms with E-state index in [1.54, 1.807) is 6.08 Å². The van der Waals surface area contributed by atoms with Gasteiger partial charge in [-0.1, -0.05) is 57.4 Å². The van der Waals surface area contributed by atoms with Gasteiger partial charge >= 0.3 is 0 Å². The maximum Gasteiger partial charge on any atom is -0.0348 e. The molecule has 0 aromatic rings. The molecule has 0 amide bonds. The minimum absolute atomic E-state index is 1.08. The molecule has 0 heterocycles. The second-order valence-corrected chi connectivity index (χ2v) is 2.68. The Hall–Kier alpha value is -0.520. The molecule has 0 saturated carbocycles. The van der Waals surface area contributed by atoms with E-state index in [-0.39, 0.29) is 0 Å². The molecule has 0 rings (SSSR count). The van der Waals surface area contributed by atoms with Crippen LogP contribution in [0.25, 0.3) is 0 Å². The van der Waals surface area contributed by atoms with Crippen LogP contribution in [0, 0.1) is 13.5 Å². The van der Waals surface area contributed by atoms with Gasteiger partial charge in [-0.15, -0.1) is 0 Å². The topological polar surface area (TPSA) is 0 Å². The van der Waals surface area contributed by atoms with Crippen molar-refractivity contribution in [1.82, 2.24) is 0 Å². The van der Waals surface area contributed by atoms with Crippen molar-refractivity contribution in [1.29, 1.82) is 0 Å². The van der Waals surface area contributed by atoms with Crippen molar-refractivity contribution >= 4 is 0 Å². The van der Waals surface area contributed by atoms with E-state index < -0.39 is 0 Å². The van der Waals surface area contributed by atoms with Crippen molar-refractivity contribution in [3.8, 4) is 0 Å². The zero-order chi connectivity index (χ0) is 8.36. The third-order valence-electron chi connectivity index (χ3n) is 1.62. The Balaban J connectivity index is 2.90. The van der Waals surface area contributed by atoms with Gasteiger partial charge in [-0.05, 0) is 12.8 Å². The third kappa shape index (κ3) is 9.48. The summed E-state index contributed by atoms with van der Waals surface area (Å²) in [7, 11) is 0. The van der Waals surface area contributed by atoms with E-state index in [4.69, 9.17) is 6.58 Å². The standard InChI is InChI=1S/C11H18/c1-3-5-7-9-11-10-8-6-4-2/h1,3,5,7H,2,4,6,8-11H2. The molecule has 0 bridgehead atoms. The van der Waals surface area contributed by atoms with Crippen LogP contribution in [0.4, 0.5) is 0 Å². The molecular formula is C11H18. The van der Waals surface area contributed by atoms with Crippen molar-refractivity contribution in [2.75, 3.05) is 0 Å². The molecule has 0 saturated heterocycles. The van der Waals surface area contributed by atoms with Gasteiger partial charge < -0.3 is 0 Å². The summed E-state index contributed by atoms with van der Waals surface area (Å²) in [5.74, 6) is 0. The summed E-state index contributed by atoms with van der Waals surface area (Å²) in [5, 5.41) is 0. The van der Waals surface area contributed by atoms with Crippen LogP contribution in [0.1, 0.15) is 38.5 Å². The van der Waals surface area contributed by atoms with Crippen molar-refractivity contribution < 1.29 is 0 Å². The summed E-state index contributed by atoms with van der Waals surface area (Å²) in [6.45, 7) is 8.97. The summed E-state index contributed by atoms with van der Waals surface area (Å²) >= 11 is 0. The van der Waals surface area contributed by atoms with Crippen LogP contribution in [0.15, 0.2) is 18.2 Å². The smallest absolute Gasteiger partial charge is 0.0348 e. The first-order valence-corrected chi connectivity index (χ1v) is 4.41. The minimum atomic E-state index is 1.08. The minimum Gasteiger partial charge on any atom is -0.0845 e. The molecule has 0 nitrogen and oxygen atoms in total. The average Bonchev–Trinajstić information content (AvgIpc) is 2.03. The molecule has 0 aromatic carbocycles. The monoisotopic (exact) mass is 150 g/mol. The summed E-state index contributed by atoms with van der Waals surface area (Å²) in [6.07, 6.45) is 13.0. The molecule has 0 fully saturated rings. The number of hydrogen-bond donors (Lipinski definition) is 0. The molecule has 62 valence electrons. The third-order valence-corrected chi connectivity index (χ3v) is 1.62. The van der Waals surface area contributed by atoms with Crippen LogP contribution in [0.5, 0.6) is 0 Å². The van der Waals surface area contributed by atoms with E-state index >= 15 is 0 Å². The Morgan fingerprint density at radius 3 is 2.45 bits per heavy atom. The van der Waals surface area contributed by atoms with E-state index in [0.717, 1.165) is 12.8 Å². The van der Waals surface area contributed by atoms with Gasteiger partial charge in [0.2, 0.25) is 0 Å². The van der Waals surface area contributed by atoms with Crippen molar-refractivity contribution in [3.63, 3.8) is 0 Å². The molecule has 11 heavy (non-hydrogen) atoms. The Bertz CT molecular complexity index is 101. The van der Waals surface area contributed by atoms with Gasteiger partial charge in [0.1, 0.15) is 0 Å². The van der Waals surface area contributed by atoms with Gasteiger partial charge in [0.05, 0.1) is 0 Å². The number of allylic oxidation sites excluding steroid dienone is 3. The fraction of sp³-hybridized carbons (Fsp3) is 0.545. The first-order chi connectivity index (χ1) is 5.41. The molecule has 0 N–H and O–H groups in total. The van der Waals surface area contributed by atoms with Gasteiger partial charge in [-0.25, -0.2) is 0 Å². The highest BCUT2D eigenvalue weighted by Crippen LogP contribution is 2.04. The molecule has 0 spiro atoms. The quantitative estimate of drug-likeness (QED) is 0.383. The van der Waals surface area contributed by atoms with Crippen LogP contribution in [0.2, 0.25) is 0 Å². The van der Waals surface area contributed by atoms with Crippen LogP contribution in [-0.2, 0) is 0 Å². The van der Waals surface area contributed by atoms with Crippen LogP contribution < -0.4 is 0 Å². The van der Waals surface area contributed by atoms with E-state index in [2.05, 4.69) is 13.0 Å². The first kappa shape index (κ1) is 10.5. The molecule has 0 atom stereocenters. The zero-order valence-corrected chi connectivity index (χ0v) is 7.26. The first-order valence-electron chi connectivity index (χ1n) is 4.41. The van der Waals surface area contributed by atoms with Crippen LogP contribution in [-0.4, -0.2) is 0 Å². The largest absolute Gasteiger partial charge is 0.0845 e. The van der Waals surface area contributed by atoms with E-state index in [0.29, 0.717) is 0 Å².